The van der Waals surface area contributed by atoms with Gasteiger partial charge in [0.1, 0.15) is 48.8 Å². The zero-order valence-corrected chi connectivity index (χ0v) is 48.0. The lowest BCUT2D eigenvalue weighted by molar-refractivity contribution is -0.359. The van der Waals surface area contributed by atoms with Gasteiger partial charge in [-0.05, 0) is 38.5 Å². The Morgan fingerprint density at radius 3 is 1.28 bits per heavy atom. The summed E-state index contributed by atoms with van der Waals surface area (Å²) in [5.41, 5.74) is 0. The number of aliphatic hydroxyl groups excluding tert-OH is 8. The van der Waals surface area contributed by atoms with Gasteiger partial charge < -0.3 is 65.1 Å². The summed E-state index contributed by atoms with van der Waals surface area (Å²) in [4.78, 5) is 13.2. The number of carbonyl (C=O) groups excluding carboxylic acids is 1. The van der Waals surface area contributed by atoms with E-state index < -0.39 is 86.8 Å². The summed E-state index contributed by atoms with van der Waals surface area (Å²) in [5.74, 6) is -0.252. The monoisotopic (exact) mass is 1080 g/mol. The molecule has 9 N–H and O–H groups in total. The van der Waals surface area contributed by atoms with Crippen LogP contribution in [0.3, 0.4) is 0 Å². The summed E-state index contributed by atoms with van der Waals surface area (Å²) in [6.07, 6.45) is 42.5. The predicted molar refractivity (Wildman–Crippen MR) is 305 cm³/mol. The minimum atomic E-state index is -1.79. The van der Waals surface area contributed by atoms with Crippen LogP contribution in [0.15, 0.2) is 36.5 Å². The molecule has 2 fully saturated rings. The van der Waals surface area contributed by atoms with Crippen LogP contribution in [0.25, 0.3) is 0 Å². The molecule has 76 heavy (non-hydrogen) atoms. The first-order valence-electron chi connectivity index (χ1n) is 31.2. The lowest BCUT2D eigenvalue weighted by Crippen LogP contribution is -2.65. The van der Waals surface area contributed by atoms with Gasteiger partial charge in [0.05, 0.1) is 32.0 Å². The minimum Gasteiger partial charge on any atom is -0.394 e. The van der Waals surface area contributed by atoms with Crippen LogP contribution in [0.4, 0.5) is 0 Å². The predicted octanol–water partition coefficient (Wildman–Crippen LogP) is 11.0. The van der Waals surface area contributed by atoms with E-state index in [2.05, 4.69) is 43.5 Å². The van der Waals surface area contributed by atoms with E-state index in [0.717, 1.165) is 44.9 Å². The molecule has 0 bridgehead atoms. The molecule has 446 valence electrons. The molecule has 2 aliphatic rings. The van der Waals surface area contributed by atoms with Crippen molar-refractivity contribution in [1.29, 1.82) is 0 Å². The van der Waals surface area contributed by atoms with Crippen LogP contribution < -0.4 is 5.32 Å². The number of hydrogen-bond donors (Lipinski definition) is 9. The SMILES string of the molecule is CC/C=C/CC/C=C/CC/C=C/C(O)C(COC1OC(CO)C(OC2OC(CO)C(O)C(O)C2O)C(O)C1O)NC(=O)CCCCCCCCCCCCCCCCCCCCCCCCCCCCCCCCCC. The van der Waals surface area contributed by atoms with Gasteiger partial charge in [-0.2, -0.15) is 0 Å². The van der Waals surface area contributed by atoms with Crippen LogP contribution in [-0.2, 0) is 23.7 Å². The van der Waals surface area contributed by atoms with E-state index in [1.165, 1.54) is 180 Å². The van der Waals surface area contributed by atoms with Crippen molar-refractivity contribution in [3.63, 3.8) is 0 Å². The van der Waals surface area contributed by atoms with Crippen molar-refractivity contribution in [3.05, 3.63) is 36.5 Å². The number of allylic oxidation sites excluding steroid dienone is 5. The summed E-state index contributed by atoms with van der Waals surface area (Å²) >= 11 is 0. The van der Waals surface area contributed by atoms with Crippen LogP contribution in [-0.4, -0.2) is 140 Å². The van der Waals surface area contributed by atoms with E-state index in [9.17, 15) is 45.6 Å². The number of amides is 1. The van der Waals surface area contributed by atoms with Gasteiger partial charge in [-0.1, -0.05) is 249 Å². The normalized spacial score (nSPS) is 25.1. The number of nitrogens with one attached hydrogen (secondary N) is 1. The molecule has 2 saturated heterocycles. The third-order valence-electron chi connectivity index (χ3n) is 15.3. The number of aliphatic hydroxyl groups is 8. The Balaban J connectivity index is 1.60. The highest BCUT2D eigenvalue weighted by molar-refractivity contribution is 5.76. The van der Waals surface area contributed by atoms with Gasteiger partial charge in [-0.15, -0.1) is 0 Å². The van der Waals surface area contributed by atoms with Gasteiger partial charge in [0, 0.05) is 6.42 Å². The molecular formula is C62H115NO13. The fourth-order valence-corrected chi connectivity index (χ4v) is 10.3. The summed E-state index contributed by atoms with van der Waals surface area (Å²) in [5, 5.41) is 86.8. The lowest BCUT2D eigenvalue weighted by atomic mass is 9.97. The third-order valence-corrected chi connectivity index (χ3v) is 15.3. The fourth-order valence-electron chi connectivity index (χ4n) is 10.3. The van der Waals surface area contributed by atoms with Crippen molar-refractivity contribution >= 4 is 5.91 Å². The molecular weight excluding hydrogens is 967 g/mol. The van der Waals surface area contributed by atoms with Crippen molar-refractivity contribution in [2.75, 3.05) is 19.8 Å². The molecule has 0 aliphatic carbocycles. The van der Waals surface area contributed by atoms with Gasteiger partial charge in [0.15, 0.2) is 12.6 Å². The lowest BCUT2D eigenvalue weighted by Gasteiger charge is -2.46. The van der Waals surface area contributed by atoms with Crippen LogP contribution >= 0.6 is 0 Å². The molecule has 0 saturated carbocycles. The van der Waals surface area contributed by atoms with Gasteiger partial charge in [-0.3, -0.25) is 4.79 Å². The van der Waals surface area contributed by atoms with Crippen LogP contribution in [0, 0.1) is 0 Å². The highest BCUT2D eigenvalue weighted by Gasteiger charge is 2.51. The summed E-state index contributed by atoms with van der Waals surface area (Å²) in [6, 6.07) is -0.934. The average Bonchev–Trinajstić information content (AvgIpc) is 3.42. The van der Waals surface area contributed by atoms with E-state index in [4.69, 9.17) is 18.9 Å². The largest absolute Gasteiger partial charge is 0.394 e. The second-order valence-electron chi connectivity index (χ2n) is 22.1. The van der Waals surface area contributed by atoms with E-state index >= 15 is 0 Å². The Kier molecular flexibility index (Phi) is 44.4. The van der Waals surface area contributed by atoms with Crippen molar-refractivity contribution in [1.82, 2.24) is 5.32 Å². The van der Waals surface area contributed by atoms with E-state index in [0.29, 0.717) is 12.8 Å². The number of hydrogen-bond acceptors (Lipinski definition) is 13. The number of ether oxygens (including phenoxy) is 4. The molecule has 0 aromatic rings. The molecule has 0 aromatic carbocycles. The Bertz CT molecular complexity index is 1410. The van der Waals surface area contributed by atoms with E-state index in [1.807, 2.05) is 6.08 Å². The van der Waals surface area contributed by atoms with Gasteiger partial charge in [0.2, 0.25) is 5.91 Å². The maximum atomic E-state index is 13.2. The molecule has 14 nitrogen and oxygen atoms in total. The van der Waals surface area contributed by atoms with Gasteiger partial charge in [-0.25, -0.2) is 0 Å². The standard InChI is InChI=1S/C62H115NO13/c1-3-5-7-9-11-13-15-16-17-18-19-20-21-22-23-24-25-26-27-28-29-30-31-32-33-34-35-36-38-40-42-44-46-54(67)63-50(51(66)45-43-41-39-37-14-12-10-8-6-4-2)49-73-61-59(72)57(70)60(53(48-65)75-61)76-62-58(71)56(69)55(68)52(47-64)74-62/h6,8,14,37,43,45,50-53,55-62,64-66,68-72H,3-5,7,9-13,15-36,38-42,44,46-49H2,1-2H3,(H,63,67)/b8-6+,37-14+,45-43+. The summed E-state index contributed by atoms with van der Waals surface area (Å²) in [6.45, 7) is 2.66. The van der Waals surface area contributed by atoms with Crippen molar-refractivity contribution < 1.29 is 64.6 Å². The Labute approximate surface area is 461 Å². The first-order chi connectivity index (χ1) is 37.1. The number of unbranched alkanes of at least 4 members (excludes halogenated alkanes) is 33. The molecule has 2 rings (SSSR count). The van der Waals surface area contributed by atoms with E-state index in [-0.39, 0.29) is 18.9 Å². The van der Waals surface area contributed by atoms with Crippen molar-refractivity contribution in [2.24, 2.45) is 0 Å². The molecule has 12 unspecified atom stereocenters. The van der Waals surface area contributed by atoms with Gasteiger partial charge >= 0.3 is 0 Å². The second-order valence-corrected chi connectivity index (χ2v) is 22.1. The highest BCUT2D eigenvalue weighted by atomic mass is 16.7. The molecule has 0 aromatic heterocycles. The van der Waals surface area contributed by atoms with Crippen LogP contribution in [0.5, 0.6) is 0 Å². The Morgan fingerprint density at radius 2 is 0.855 bits per heavy atom. The van der Waals surface area contributed by atoms with Crippen molar-refractivity contribution in [3.8, 4) is 0 Å². The average molecular weight is 1080 g/mol. The Hall–Kier alpha value is -1.79. The minimum absolute atomic E-state index is 0.252. The van der Waals surface area contributed by atoms with Gasteiger partial charge in [0.25, 0.3) is 0 Å². The van der Waals surface area contributed by atoms with Crippen LogP contribution in [0.1, 0.15) is 258 Å². The topological polar surface area (TPSA) is 228 Å². The summed E-state index contributed by atoms with van der Waals surface area (Å²) < 4.78 is 22.7. The highest BCUT2D eigenvalue weighted by Crippen LogP contribution is 2.30. The molecule has 0 radical (unpaired) electrons. The first-order valence-corrected chi connectivity index (χ1v) is 31.2. The number of carbonyl (C=O) groups is 1. The zero-order valence-electron chi connectivity index (χ0n) is 48.0. The molecule has 14 heteroatoms. The third kappa shape index (κ3) is 33.1. The van der Waals surface area contributed by atoms with E-state index in [1.54, 1.807) is 6.08 Å². The maximum Gasteiger partial charge on any atom is 0.220 e. The first kappa shape index (κ1) is 70.3. The smallest absolute Gasteiger partial charge is 0.220 e. The van der Waals surface area contributed by atoms with Crippen molar-refractivity contribution in [2.45, 2.75) is 331 Å². The summed E-state index contributed by atoms with van der Waals surface area (Å²) in [7, 11) is 0. The molecule has 12 atom stereocenters. The quantitative estimate of drug-likeness (QED) is 0.0204. The molecule has 2 aliphatic heterocycles. The fraction of sp³-hybridized carbons (Fsp3) is 0.887. The Morgan fingerprint density at radius 1 is 0.474 bits per heavy atom. The number of rotatable bonds is 50. The molecule has 1 amide bonds. The molecule has 2 heterocycles. The maximum absolute atomic E-state index is 13.2. The molecule has 0 spiro atoms. The van der Waals surface area contributed by atoms with Crippen LogP contribution in [0.2, 0.25) is 0 Å². The second kappa shape index (κ2) is 48.0. The zero-order chi connectivity index (χ0) is 55.3.